The fraction of sp³-hybridized carbons (Fsp3) is 0.579. The van der Waals surface area contributed by atoms with Gasteiger partial charge in [0.2, 0.25) is 5.91 Å². The Kier molecular flexibility index (Phi) is 4.27. The van der Waals surface area contributed by atoms with Crippen LogP contribution >= 0.6 is 0 Å². The molecular weight excluding hydrogens is 300 g/mol. The van der Waals surface area contributed by atoms with Crippen molar-refractivity contribution in [2.45, 2.75) is 51.7 Å². The fourth-order valence-corrected chi connectivity index (χ4v) is 3.74. The van der Waals surface area contributed by atoms with Crippen molar-refractivity contribution in [2.75, 3.05) is 13.1 Å². The zero-order chi connectivity index (χ0) is 16.5. The van der Waals surface area contributed by atoms with Gasteiger partial charge in [-0.05, 0) is 44.7 Å². The summed E-state index contributed by atoms with van der Waals surface area (Å²) in [6.07, 6.45) is 4.30. The van der Waals surface area contributed by atoms with Crippen LogP contribution in [0.15, 0.2) is 24.3 Å². The summed E-state index contributed by atoms with van der Waals surface area (Å²) in [7, 11) is 0. The van der Waals surface area contributed by atoms with Crippen LogP contribution < -0.4 is 5.32 Å². The molecule has 4 rings (SSSR count). The van der Waals surface area contributed by atoms with E-state index in [9.17, 15) is 4.79 Å². The maximum absolute atomic E-state index is 12.1. The average Bonchev–Trinajstić information content (AvgIpc) is 3.41. The van der Waals surface area contributed by atoms with Crippen molar-refractivity contribution in [3.05, 3.63) is 30.1 Å². The molecule has 24 heavy (non-hydrogen) atoms. The van der Waals surface area contributed by atoms with E-state index in [1.165, 1.54) is 5.52 Å². The van der Waals surface area contributed by atoms with E-state index in [0.717, 1.165) is 63.2 Å². The van der Waals surface area contributed by atoms with Gasteiger partial charge < -0.3 is 14.8 Å². The van der Waals surface area contributed by atoms with Crippen LogP contribution in [0.2, 0.25) is 0 Å². The summed E-state index contributed by atoms with van der Waals surface area (Å²) in [5, 5.41) is 3.66. The summed E-state index contributed by atoms with van der Waals surface area (Å²) in [6.45, 7) is 5.70. The number of aryl methyl sites for hydroxylation is 1. The van der Waals surface area contributed by atoms with Gasteiger partial charge in [-0.3, -0.25) is 4.79 Å². The first-order chi connectivity index (χ1) is 11.8. The highest BCUT2D eigenvalue weighted by Crippen LogP contribution is 2.31. The molecule has 0 unspecified atom stereocenters. The van der Waals surface area contributed by atoms with E-state index in [2.05, 4.69) is 39.9 Å². The summed E-state index contributed by atoms with van der Waals surface area (Å²) in [5.41, 5.74) is 2.28. The van der Waals surface area contributed by atoms with Crippen molar-refractivity contribution in [2.24, 2.45) is 5.92 Å². The minimum Gasteiger partial charge on any atom is -0.342 e. The maximum Gasteiger partial charge on any atom is 0.225 e. The SMILES string of the molecule is CCn1c(CNC2CCN(C(=O)C3CC3)CC2)nc2ccccc21. The molecule has 1 aliphatic carbocycles. The Hall–Kier alpha value is -1.88. The Morgan fingerprint density at radius 3 is 2.67 bits per heavy atom. The van der Waals surface area contributed by atoms with Crippen LogP contribution in [-0.2, 0) is 17.9 Å². The van der Waals surface area contributed by atoms with Crippen LogP contribution in [-0.4, -0.2) is 39.5 Å². The van der Waals surface area contributed by atoms with Gasteiger partial charge in [-0.2, -0.15) is 0 Å². The Labute approximate surface area is 143 Å². The molecule has 5 heteroatoms. The third-order valence-corrected chi connectivity index (χ3v) is 5.33. The number of nitrogens with one attached hydrogen (secondary N) is 1. The van der Waals surface area contributed by atoms with Gasteiger partial charge in [0.1, 0.15) is 5.82 Å². The minimum absolute atomic E-state index is 0.346. The molecule has 5 nitrogen and oxygen atoms in total. The predicted molar refractivity (Wildman–Crippen MR) is 94.6 cm³/mol. The van der Waals surface area contributed by atoms with Crippen molar-refractivity contribution < 1.29 is 4.79 Å². The predicted octanol–water partition coefficient (Wildman–Crippen LogP) is 2.55. The van der Waals surface area contributed by atoms with Gasteiger partial charge in [-0.15, -0.1) is 0 Å². The first-order valence-electron chi connectivity index (χ1n) is 9.22. The number of likely N-dealkylation sites (tertiary alicyclic amines) is 1. The second-order valence-corrected chi connectivity index (χ2v) is 7.02. The summed E-state index contributed by atoms with van der Waals surface area (Å²) < 4.78 is 2.29. The number of benzene rings is 1. The Morgan fingerprint density at radius 1 is 1.21 bits per heavy atom. The van der Waals surface area contributed by atoms with Gasteiger partial charge in [0.05, 0.1) is 17.6 Å². The van der Waals surface area contributed by atoms with Crippen molar-refractivity contribution in [1.82, 2.24) is 19.8 Å². The van der Waals surface area contributed by atoms with Crippen LogP contribution in [0, 0.1) is 5.92 Å². The van der Waals surface area contributed by atoms with E-state index in [4.69, 9.17) is 4.98 Å². The third-order valence-electron chi connectivity index (χ3n) is 5.33. The van der Waals surface area contributed by atoms with E-state index in [0.29, 0.717) is 17.9 Å². The van der Waals surface area contributed by atoms with Crippen molar-refractivity contribution >= 4 is 16.9 Å². The summed E-state index contributed by atoms with van der Waals surface area (Å²) in [5.74, 6) is 1.84. The molecule has 1 N–H and O–H groups in total. The molecule has 2 heterocycles. The van der Waals surface area contributed by atoms with Crippen molar-refractivity contribution in [3.63, 3.8) is 0 Å². The smallest absolute Gasteiger partial charge is 0.225 e. The molecule has 128 valence electrons. The number of hydrogen-bond acceptors (Lipinski definition) is 3. The lowest BCUT2D eigenvalue weighted by Crippen LogP contribution is -2.45. The summed E-state index contributed by atoms with van der Waals surface area (Å²) in [4.78, 5) is 19.0. The van der Waals surface area contributed by atoms with Crippen LogP contribution in [0.3, 0.4) is 0 Å². The van der Waals surface area contributed by atoms with E-state index in [-0.39, 0.29) is 0 Å². The average molecular weight is 326 g/mol. The number of para-hydroxylation sites is 2. The highest BCUT2D eigenvalue weighted by molar-refractivity contribution is 5.81. The number of hydrogen-bond donors (Lipinski definition) is 1. The van der Waals surface area contributed by atoms with Crippen LogP contribution in [0.25, 0.3) is 11.0 Å². The summed E-state index contributed by atoms with van der Waals surface area (Å²) in [6, 6.07) is 8.81. The Balaban J connectivity index is 1.35. The normalized spacial score (nSPS) is 19.1. The molecule has 0 bridgehead atoms. The standard InChI is InChI=1S/C19H26N4O/c1-2-23-17-6-4-3-5-16(17)21-18(23)13-20-15-9-11-22(12-10-15)19(24)14-7-8-14/h3-6,14-15,20H,2,7-13H2,1H3. The fourth-order valence-electron chi connectivity index (χ4n) is 3.74. The lowest BCUT2D eigenvalue weighted by atomic mass is 10.0. The zero-order valence-corrected chi connectivity index (χ0v) is 14.4. The highest BCUT2D eigenvalue weighted by Gasteiger charge is 2.34. The minimum atomic E-state index is 0.346. The lowest BCUT2D eigenvalue weighted by molar-refractivity contribution is -0.133. The topological polar surface area (TPSA) is 50.2 Å². The largest absolute Gasteiger partial charge is 0.342 e. The monoisotopic (exact) mass is 326 g/mol. The van der Waals surface area contributed by atoms with E-state index in [1.54, 1.807) is 0 Å². The van der Waals surface area contributed by atoms with Gasteiger partial charge in [-0.25, -0.2) is 4.98 Å². The van der Waals surface area contributed by atoms with Crippen LogP contribution in [0.1, 0.15) is 38.4 Å². The van der Waals surface area contributed by atoms with Gasteiger partial charge in [0.15, 0.2) is 0 Å². The van der Waals surface area contributed by atoms with E-state index in [1.807, 2.05) is 6.07 Å². The quantitative estimate of drug-likeness (QED) is 0.919. The van der Waals surface area contributed by atoms with Crippen LogP contribution in [0.4, 0.5) is 0 Å². The number of nitrogens with zero attached hydrogens (tertiary/aromatic N) is 3. The second kappa shape index (κ2) is 6.55. The third kappa shape index (κ3) is 3.05. The van der Waals surface area contributed by atoms with E-state index >= 15 is 0 Å². The molecule has 1 amide bonds. The molecule has 0 atom stereocenters. The van der Waals surface area contributed by atoms with Crippen molar-refractivity contribution in [3.8, 4) is 0 Å². The molecule has 1 aromatic carbocycles. The number of amides is 1. The molecule has 1 aliphatic heterocycles. The first-order valence-corrected chi connectivity index (χ1v) is 9.22. The lowest BCUT2D eigenvalue weighted by Gasteiger charge is -2.32. The van der Waals surface area contributed by atoms with Gasteiger partial charge in [0.25, 0.3) is 0 Å². The van der Waals surface area contributed by atoms with E-state index < -0.39 is 0 Å². The number of carbonyl (C=O) groups is 1. The maximum atomic E-state index is 12.1. The molecule has 2 aliphatic rings. The first kappa shape index (κ1) is 15.6. The molecule has 0 spiro atoms. The van der Waals surface area contributed by atoms with Gasteiger partial charge >= 0.3 is 0 Å². The highest BCUT2D eigenvalue weighted by atomic mass is 16.2. The second-order valence-electron chi connectivity index (χ2n) is 7.02. The molecule has 0 radical (unpaired) electrons. The zero-order valence-electron chi connectivity index (χ0n) is 14.4. The molecule has 2 fully saturated rings. The number of rotatable bonds is 5. The van der Waals surface area contributed by atoms with Gasteiger partial charge in [0, 0.05) is 31.6 Å². The van der Waals surface area contributed by atoms with Crippen LogP contribution in [0.5, 0.6) is 0 Å². The molecule has 1 saturated carbocycles. The Bertz CT molecular complexity index is 726. The number of carbonyl (C=O) groups excluding carboxylic acids is 1. The van der Waals surface area contributed by atoms with Gasteiger partial charge in [-0.1, -0.05) is 12.1 Å². The number of aromatic nitrogens is 2. The molecule has 2 aromatic rings. The molecule has 1 saturated heterocycles. The number of fused-ring (bicyclic) bond motifs is 1. The number of piperidine rings is 1. The number of imidazole rings is 1. The molecule has 1 aromatic heterocycles. The van der Waals surface area contributed by atoms with Crippen molar-refractivity contribution in [1.29, 1.82) is 0 Å². The molecular formula is C19H26N4O. The Morgan fingerprint density at radius 2 is 1.96 bits per heavy atom. The summed E-state index contributed by atoms with van der Waals surface area (Å²) >= 11 is 0.